The molecule has 0 aromatic heterocycles. The molecule has 4 aromatic rings. The number of rotatable bonds is 3. The first kappa shape index (κ1) is 15.6. The first-order valence-electron chi connectivity index (χ1n) is 8.11. The summed E-state index contributed by atoms with van der Waals surface area (Å²) in [5.41, 5.74) is 1.70. The molecular formula is C23H15ClO. The molecule has 1 nitrogen and oxygen atoms in total. The van der Waals surface area contributed by atoms with E-state index in [0.29, 0.717) is 10.6 Å². The molecule has 0 heterocycles. The molecule has 0 aliphatic heterocycles. The number of carbonyl (C=O) groups is 1. The molecule has 0 radical (unpaired) electrons. The monoisotopic (exact) mass is 342 g/mol. The molecule has 0 spiro atoms. The molecule has 4 rings (SSSR count). The summed E-state index contributed by atoms with van der Waals surface area (Å²) in [5, 5.41) is 5.24. The van der Waals surface area contributed by atoms with Crippen molar-refractivity contribution >= 4 is 45.0 Å². The summed E-state index contributed by atoms with van der Waals surface area (Å²) in [6, 6.07) is 25.6. The van der Waals surface area contributed by atoms with Crippen LogP contribution >= 0.6 is 11.6 Å². The fourth-order valence-corrected chi connectivity index (χ4v) is 3.22. The Labute approximate surface area is 151 Å². The van der Waals surface area contributed by atoms with Gasteiger partial charge in [0, 0.05) is 10.6 Å². The lowest BCUT2D eigenvalue weighted by Gasteiger charge is -2.08. The molecule has 25 heavy (non-hydrogen) atoms. The SMILES string of the molecule is O=C(/C=C\c1c2ccccc2cc2ccccc12)c1ccc(Cl)cc1. The van der Waals surface area contributed by atoms with Gasteiger partial charge in [-0.15, -0.1) is 0 Å². The Hall–Kier alpha value is -2.90. The van der Waals surface area contributed by atoms with E-state index in [1.165, 1.54) is 10.8 Å². The highest BCUT2D eigenvalue weighted by Crippen LogP contribution is 2.29. The molecule has 0 aliphatic rings. The van der Waals surface area contributed by atoms with Crippen LogP contribution in [0.3, 0.4) is 0 Å². The smallest absolute Gasteiger partial charge is 0.185 e. The van der Waals surface area contributed by atoms with Gasteiger partial charge in [0.15, 0.2) is 5.78 Å². The Kier molecular flexibility index (Phi) is 4.09. The maximum absolute atomic E-state index is 12.5. The van der Waals surface area contributed by atoms with Crippen LogP contribution in [0, 0.1) is 0 Å². The highest BCUT2D eigenvalue weighted by molar-refractivity contribution is 6.30. The largest absolute Gasteiger partial charge is 0.289 e. The lowest BCUT2D eigenvalue weighted by molar-refractivity contribution is 0.104. The lowest BCUT2D eigenvalue weighted by atomic mass is 9.96. The topological polar surface area (TPSA) is 17.1 Å². The predicted molar refractivity (Wildman–Crippen MR) is 106 cm³/mol. The Balaban J connectivity index is 1.84. The minimum atomic E-state index is -0.0336. The minimum absolute atomic E-state index is 0.0336. The van der Waals surface area contributed by atoms with Gasteiger partial charge in [0.05, 0.1) is 0 Å². The standard InChI is InChI=1S/C23H15ClO/c24-19-11-9-16(10-12-19)23(25)14-13-22-20-7-3-1-5-17(20)15-18-6-2-4-8-21(18)22/h1-15H/b14-13-. The number of allylic oxidation sites excluding steroid dienone is 1. The zero-order valence-electron chi connectivity index (χ0n) is 13.4. The Bertz CT molecular complexity index is 1050. The van der Waals surface area contributed by atoms with Crippen LogP contribution in [0.2, 0.25) is 5.02 Å². The molecule has 2 heteroatoms. The average Bonchev–Trinajstić information content (AvgIpc) is 2.65. The highest BCUT2D eigenvalue weighted by Gasteiger charge is 2.06. The van der Waals surface area contributed by atoms with E-state index in [-0.39, 0.29) is 5.78 Å². The summed E-state index contributed by atoms with van der Waals surface area (Å²) in [6.07, 6.45) is 3.55. The number of ketones is 1. The van der Waals surface area contributed by atoms with E-state index in [1.54, 1.807) is 30.3 Å². The normalized spacial score (nSPS) is 11.4. The van der Waals surface area contributed by atoms with Crippen LogP contribution in [0.15, 0.2) is 84.9 Å². The van der Waals surface area contributed by atoms with Gasteiger partial charge in [0.25, 0.3) is 0 Å². The quantitative estimate of drug-likeness (QED) is 0.234. The fraction of sp³-hybridized carbons (Fsp3) is 0. The van der Waals surface area contributed by atoms with Crippen molar-refractivity contribution in [3.05, 3.63) is 101 Å². The van der Waals surface area contributed by atoms with Gasteiger partial charge < -0.3 is 0 Å². The molecule has 0 amide bonds. The lowest BCUT2D eigenvalue weighted by Crippen LogP contribution is -1.93. The van der Waals surface area contributed by atoms with Gasteiger partial charge in [-0.1, -0.05) is 60.1 Å². The van der Waals surface area contributed by atoms with E-state index < -0.39 is 0 Å². The summed E-state index contributed by atoms with van der Waals surface area (Å²) in [5.74, 6) is -0.0336. The molecule has 0 atom stereocenters. The highest BCUT2D eigenvalue weighted by atomic mass is 35.5. The van der Waals surface area contributed by atoms with Crippen molar-refractivity contribution in [2.75, 3.05) is 0 Å². The van der Waals surface area contributed by atoms with Gasteiger partial charge >= 0.3 is 0 Å². The summed E-state index contributed by atoms with van der Waals surface area (Å²) in [6.45, 7) is 0. The molecular weight excluding hydrogens is 328 g/mol. The van der Waals surface area contributed by atoms with Gasteiger partial charge in [-0.2, -0.15) is 0 Å². The van der Waals surface area contributed by atoms with Crippen LogP contribution in [-0.4, -0.2) is 5.78 Å². The molecule has 0 fully saturated rings. The second-order valence-electron chi connectivity index (χ2n) is 5.94. The van der Waals surface area contributed by atoms with Crippen molar-refractivity contribution in [3.8, 4) is 0 Å². The zero-order chi connectivity index (χ0) is 17.2. The number of fused-ring (bicyclic) bond motifs is 2. The maximum Gasteiger partial charge on any atom is 0.185 e. The van der Waals surface area contributed by atoms with Crippen molar-refractivity contribution < 1.29 is 4.79 Å². The number of hydrogen-bond acceptors (Lipinski definition) is 1. The second kappa shape index (κ2) is 6.54. The maximum atomic E-state index is 12.5. The van der Waals surface area contributed by atoms with Crippen LogP contribution < -0.4 is 0 Å². The van der Waals surface area contributed by atoms with Gasteiger partial charge in [-0.05, 0) is 69.6 Å². The van der Waals surface area contributed by atoms with Crippen molar-refractivity contribution in [1.82, 2.24) is 0 Å². The summed E-state index contributed by atoms with van der Waals surface area (Å²) < 4.78 is 0. The summed E-state index contributed by atoms with van der Waals surface area (Å²) >= 11 is 5.89. The molecule has 0 unspecified atom stereocenters. The van der Waals surface area contributed by atoms with Crippen LogP contribution in [-0.2, 0) is 0 Å². The van der Waals surface area contributed by atoms with Crippen molar-refractivity contribution in [1.29, 1.82) is 0 Å². The summed E-state index contributed by atoms with van der Waals surface area (Å²) in [4.78, 5) is 12.5. The van der Waals surface area contributed by atoms with E-state index in [4.69, 9.17) is 11.6 Å². The van der Waals surface area contributed by atoms with Crippen LogP contribution in [0.1, 0.15) is 15.9 Å². The van der Waals surface area contributed by atoms with Crippen molar-refractivity contribution in [2.45, 2.75) is 0 Å². The minimum Gasteiger partial charge on any atom is -0.289 e. The number of benzene rings is 4. The number of hydrogen-bond donors (Lipinski definition) is 0. The van der Waals surface area contributed by atoms with E-state index in [9.17, 15) is 4.79 Å². The van der Waals surface area contributed by atoms with Crippen LogP contribution in [0.5, 0.6) is 0 Å². The van der Waals surface area contributed by atoms with E-state index in [2.05, 4.69) is 30.3 Å². The van der Waals surface area contributed by atoms with Crippen LogP contribution in [0.25, 0.3) is 27.6 Å². The predicted octanol–water partition coefficient (Wildman–Crippen LogP) is 6.54. The summed E-state index contributed by atoms with van der Waals surface area (Å²) in [7, 11) is 0. The Morgan fingerprint density at radius 1 is 0.760 bits per heavy atom. The fourth-order valence-electron chi connectivity index (χ4n) is 3.10. The van der Waals surface area contributed by atoms with Gasteiger partial charge in [0.2, 0.25) is 0 Å². The molecule has 0 saturated carbocycles. The van der Waals surface area contributed by atoms with Crippen molar-refractivity contribution in [3.63, 3.8) is 0 Å². The average molecular weight is 343 g/mol. The third kappa shape index (κ3) is 3.07. The van der Waals surface area contributed by atoms with Gasteiger partial charge in [-0.3, -0.25) is 4.79 Å². The van der Waals surface area contributed by atoms with Crippen molar-refractivity contribution in [2.24, 2.45) is 0 Å². The third-order valence-corrected chi connectivity index (χ3v) is 4.60. The zero-order valence-corrected chi connectivity index (χ0v) is 14.2. The molecule has 0 bridgehead atoms. The van der Waals surface area contributed by atoms with Crippen LogP contribution in [0.4, 0.5) is 0 Å². The van der Waals surface area contributed by atoms with Gasteiger partial charge in [0.1, 0.15) is 0 Å². The molecule has 0 aliphatic carbocycles. The second-order valence-corrected chi connectivity index (χ2v) is 6.37. The first-order valence-corrected chi connectivity index (χ1v) is 8.49. The molecule has 0 saturated heterocycles. The van der Waals surface area contributed by atoms with E-state index >= 15 is 0 Å². The van der Waals surface area contributed by atoms with Gasteiger partial charge in [-0.25, -0.2) is 0 Å². The Morgan fingerprint density at radius 3 is 1.92 bits per heavy atom. The van der Waals surface area contributed by atoms with E-state index in [1.807, 2.05) is 30.3 Å². The van der Waals surface area contributed by atoms with E-state index in [0.717, 1.165) is 16.3 Å². The molecule has 120 valence electrons. The number of halogens is 1. The third-order valence-electron chi connectivity index (χ3n) is 4.34. The molecule has 4 aromatic carbocycles. The first-order chi connectivity index (χ1) is 12.2. The number of carbonyl (C=O) groups excluding carboxylic acids is 1. The Morgan fingerprint density at radius 2 is 1.32 bits per heavy atom. The molecule has 0 N–H and O–H groups in total.